The molecule has 4 aromatic heterocycles. The lowest BCUT2D eigenvalue weighted by Crippen LogP contribution is -2.38. The van der Waals surface area contributed by atoms with Gasteiger partial charge in [-0.15, -0.1) is 0 Å². The smallest absolute Gasteiger partial charge is 0.421 e. The zero-order valence-corrected chi connectivity index (χ0v) is 33.0. The molecule has 13 nitrogen and oxygen atoms in total. The van der Waals surface area contributed by atoms with Crippen molar-refractivity contribution in [1.82, 2.24) is 29.8 Å². The summed E-state index contributed by atoms with van der Waals surface area (Å²) in [5.41, 5.74) is -0.506. The number of alkyl halides is 6. The average Bonchev–Trinajstić information content (AvgIpc) is 3.97. The molecule has 2 aliphatic carbocycles. The van der Waals surface area contributed by atoms with Crippen LogP contribution in [0, 0.1) is 11.8 Å². The van der Waals surface area contributed by atoms with Gasteiger partial charge in [-0.1, -0.05) is 0 Å². The fourth-order valence-corrected chi connectivity index (χ4v) is 8.45. The van der Waals surface area contributed by atoms with Crippen molar-refractivity contribution < 1.29 is 59.0 Å². The number of likely N-dealkylation sites (tertiary alicyclic amines) is 1. The number of esters is 2. The predicted molar refractivity (Wildman–Crippen MR) is 197 cm³/mol. The van der Waals surface area contributed by atoms with Crippen molar-refractivity contribution in [2.45, 2.75) is 97.6 Å². The van der Waals surface area contributed by atoms with Gasteiger partial charge in [0.05, 0.1) is 35.7 Å². The van der Waals surface area contributed by atoms with Crippen LogP contribution >= 0.6 is 0 Å². The van der Waals surface area contributed by atoms with E-state index >= 15 is 0 Å². The van der Waals surface area contributed by atoms with Crippen LogP contribution in [0.4, 0.5) is 26.3 Å². The quantitative estimate of drug-likeness (QED) is 0.144. The summed E-state index contributed by atoms with van der Waals surface area (Å²) in [5.74, 6) is -2.75. The van der Waals surface area contributed by atoms with Gasteiger partial charge in [0.25, 0.3) is 0 Å². The molecule has 2 aliphatic heterocycles. The highest BCUT2D eigenvalue weighted by atomic mass is 19.4. The van der Waals surface area contributed by atoms with E-state index < -0.39 is 46.9 Å². The summed E-state index contributed by atoms with van der Waals surface area (Å²) in [4.78, 5) is 37.5. The molecule has 0 unspecified atom stereocenters. The van der Waals surface area contributed by atoms with E-state index in [9.17, 15) is 40.7 Å². The van der Waals surface area contributed by atoms with Gasteiger partial charge in [-0.05, 0) is 88.4 Å². The topological polar surface area (TPSA) is 147 Å². The van der Waals surface area contributed by atoms with Crippen LogP contribution in [0.3, 0.4) is 0 Å². The van der Waals surface area contributed by atoms with E-state index in [1.54, 1.807) is 27.4 Å². The van der Waals surface area contributed by atoms with E-state index in [-0.39, 0.29) is 65.5 Å². The number of aromatic nitrogens is 4. The third kappa shape index (κ3) is 8.80. The maximum absolute atomic E-state index is 13.9. The number of halogens is 6. The highest BCUT2D eigenvalue weighted by molar-refractivity contribution is 5.93. The van der Waals surface area contributed by atoms with Gasteiger partial charge < -0.3 is 28.5 Å². The molecule has 0 spiro atoms. The number of rotatable bonds is 8. The monoisotopic (exact) mass is 836 g/mol. The van der Waals surface area contributed by atoms with Gasteiger partial charge in [-0.25, -0.2) is 9.59 Å². The normalized spacial score (nSPS) is 17.0. The number of aryl methyl sites for hydroxylation is 4. The van der Waals surface area contributed by atoms with Gasteiger partial charge in [-0.3, -0.25) is 14.2 Å². The van der Waals surface area contributed by atoms with Crippen LogP contribution in [0.15, 0.2) is 21.2 Å². The molecule has 4 aliphatic rings. The van der Waals surface area contributed by atoms with E-state index in [2.05, 4.69) is 15.5 Å². The lowest BCUT2D eigenvalue weighted by Gasteiger charge is -2.31. The van der Waals surface area contributed by atoms with Gasteiger partial charge in [0.15, 0.2) is 0 Å². The average molecular weight is 837 g/mol. The van der Waals surface area contributed by atoms with Crippen molar-refractivity contribution in [1.29, 1.82) is 0 Å². The fourth-order valence-electron chi connectivity index (χ4n) is 8.45. The first kappa shape index (κ1) is 42.1. The second-order valence-corrected chi connectivity index (χ2v) is 15.2. The molecular weight excluding hydrogens is 790 g/mol. The number of furan rings is 2. The summed E-state index contributed by atoms with van der Waals surface area (Å²) in [6, 6.07) is 0. The summed E-state index contributed by atoms with van der Waals surface area (Å²) >= 11 is 0. The van der Waals surface area contributed by atoms with Crippen LogP contribution in [0.1, 0.15) is 101 Å². The first-order chi connectivity index (χ1) is 28.1. The van der Waals surface area contributed by atoms with Crippen LogP contribution in [0.25, 0.3) is 22.5 Å². The predicted octanol–water partition coefficient (Wildman–Crippen LogP) is 7.13. The van der Waals surface area contributed by atoms with E-state index in [0.29, 0.717) is 56.9 Å². The molecule has 59 heavy (non-hydrogen) atoms. The highest BCUT2D eigenvalue weighted by Crippen LogP contribution is 2.48. The number of carbonyl (C=O) groups excluding carboxylic acids is 3. The first-order valence-corrected chi connectivity index (χ1v) is 20.0. The molecule has 1 N–H and O–H groups in total. The highest BCUT2D eigenvalue weighted by Gasteiger charge is 2.47. The summed E-state index contributed by atoms with van der Waals surface area (Å²) < 4.78 is 107. The molecule has 8 rings (SSSR count). The third-order valence-electron chi connectivity index (χ3n) is 11.3. The van der Waals surface area contributed by atoms with E-state index in [1.807, 2.05) is 6.20 Å². The fraction of sp³-hybridized carbons (Fsp3) is 0.575. The number of nitrogens with one attached hydrogen (secondary N) is 1. The first-order valence-electron chi connectivity index (χ1n) is 20.0. The van der Waals surface area contributed by atoms with Crippen LogP contribution in [-0.4, -0.2) is 81.7 Å². The Morgan fingerprint density at radius 2 is 1.14 bits per heavy atom. The Morgan fingerprint density at radius 1 is 0.712 bits per heavy atom. The summed E-state index contributed by atoms with van der Waals surface area (Å²) in [6.07, 6.45) is -0.667. The van der Waals surface area contributed by atoms with Crippen molar-refractivity contribution >= 4 is 17.8 Å². The number of ether oxygens (including phenoxy) is 2. The number of piperidine rings is 2. The summed E-state index contributed by atoms with van der Waals surface area (Å²) in [7, 11) is 0. The number of hydrogen-bond acceptors (Lipinski definition) is 10. The molecule has 0 saturated carbocycles. The number of fused-ring (bicyclic) bond motifs is 6. The standard InChI is InChI=1S/C21H24F3N3O4.C19H22F3N3O3/c1-3-30-20(29)19-17(21(22,23)24)16-15(31-19)5-4-14-11-27(25-18(14)16)10-13-6-8-26(9-7-13)12(2)28;1-2-27-18(26)17-15(19(20,21)22)14-13(28-17)4-3-12-10-25(24-16(12)14)9-11-5-7-23-8-6-11/h11,13H,3-10H2,1-2H3;10-11,23H,2-9H2,1H3. The largest absolute Gasteiger partial charge is 0.460 e. The van der Waals surface area contributed by atoms with Crippen molar-refractivity contribution in [3.8, 4) is 22.5 Å². The Labute approximate surface area is 335 Å². The minimum absolute atomic E-state index is 0.0301. The van der Waals surface area contributed by atoms with E-state index in [4.69, 9.17) is 18.3 Å². The van der Waals surface area contributed by atoms with Crippen LogP contribution in [0.5, 0.6) is 0 Å². The third-order valence-corrected chi connectivity index (χ3v) is 11.3. The molecular formula is C40H46F6N6O7. The van der Waals surface area contributed by atoms with E-state index in [1.165, 1.54) is 13.8 Å². The van der Waals surface area contributed by atoms with Gasteiger partial charge in [0, 0.05) is 58.3 Å². The summed E-state index contributed by atoms with van der Waals surface area (Å²) in [5, 5.41) is 12.2. The van der Waals surface area contributed by atoms with Crippen molar-refractivity contribution in [2.75, 3.05) is 39.4 Å². The van der Waals surface area contributed by atoms with Crippen LogP contribution in [-0.2, 0) is 65.4 Å². The molecule has 0 bridgehead atoms. The van der Waals surface area contributed by atoms with Gasteiger partial charge in [-0.2, -0.15) is 36.5 Å². The number of carbonyl (C=O) groups is 3. The minimum atomic E-state index is -4.78. The Kier molecular flexibility index (Phi) is 12.0. The summed E-state index contributed by atoms with van der Waals surface area (Å²) in [6.45, 7) is 9.00. The maximum Gasteiger partial charge on any atom is 0.421 e. The lowest BCUT2D eigenvalue weighted by molar-refractivity contribution is -0.138. The number of nitrogens with zero attached hydrogens (tertiary/aromatic N) is 5. The molecule has 0 atom stereocenters. The molecule has 6 heterocycles. The molecule has 1 amide bonds. The molecule has 0 radical (unpaired) electrons. The molecule has 19 heteroatoms. The van der Waals surface area contributed by atoms with Crippen molar-refractivity contribution in [2.24, 2.45) is 11.8 Å². The Morgan fingerprint density at radius 3 is 1.53 bits per heavy atom. The Bertz CT molecular complexity index is 2180. The maximum atomic E-state index is 13.9. The van der Waals surface area contributed by atoms with Crippen molar-refractivity contribution in [3.05, 3.63) is 57.7 Å². The van der Waals surface area contributed by atoms with Crippen LogP contribution in [0.2, 0.25) is 0 Å². The lowest BCUT2D eigenvalue weighted by atomic mass is 9.93. The minimum Gasteiger partial charge on any atom is -0.460 e. The SMILES string of the molecule is CCOC(=O)c1oc2c(c1C(F)(F)F)-c1nn(CC3CCN(C(C)=O)CC3)cc1CC2.CCOC(=O)c1oc2c(c1C(F)(F)F)-c1nn(CC3CCNCC3)cc1CC2. The Hall–Kier alpha value is -5.07. The zero-order valence-electron chi connectivity index (χ0n) is 33.0. The zero-order chi connectivity index (χ0) is 42.2. The van der Waals surface area contributed by atoms with Gasteiger partial charge >= 0.3 is 24.3 Å². The van der Waals surface area contributed by atoms with Gasteiger partial charge in [0.2, 0.25) is 17.4 Å². The second kappa shape index (κ2) is 16.9. The van der Waals surface area contributed by atoms with E-state index in [0.717, 1.165) is 44.3 Å². The molecule has 4 aromatic rings. The van der Waals surface area contributed by atoms with Gasteiger partial charge in [0.1, 0.15) is 22.6 Å². The molecule has 2 saturated heterocycles. The number of hydrogen-bond donors (Lipinski definition) is 1. The van der Waals surface area contributed by atoms with Crippen LogP contribution < -0.4 is 5.32 Å². The molecule has 320 valence electrons. The Balaban J connectivity index is 0.000000180. The number of amides is 1. The molecule has 2 fully saturated rings. The molecule has 0 aromatic carbocycles. The van der Waals surface area contributed by atoms with Crippen molar-refractivity contribution in [3.63, 3.8) is 0 Å². The second-order valence-electron chi connectivity index (χ2n) is 15.2.